The van der Waals surface area contributed by atoms with Crippen LogP contribution in [0, 0.1) is 11.6 Å². The average Bonchev–Trinajstić information content (AvgIpc) is 2.86. The van der Waals surface area contributed by atoms with Crippen molar-refractivity contribution in [3.05, 3.63) is 95.1 Å². The number of halogens is 2. The zero-order chi connectivity index (χ0) is 24.8. The smallest absolute Gasteiger partial charge is 0.261 e. The minimum atomic E-state index is -4.11. The summed E-state index contributed by atoms with van der Waals surface area (Å²) >= 11 is 0. The van der Waals surface area contributed by atoms with Crippen molar-refractivity contribution in [2.45, 2.75) is 37.2 Å². The molecule has 1 amide bonds. The number of amides is 1. The van der Waals surface area contributed by atoms with Crippen molar-refractivity contribution in [3.8, 4) is 0 Å². The number of hydrogen-bond acceptors (Lipinski definition) is 4. The second-order valence-electron chi connectivity index (χ2n) is 8.59. The first-order valence-electron chi connectivity index (χ1n) is 11.5. The van der Waals surface area contributed by atoms with Crippen LogP contribution in [-0.4, -0.2) is 32.3 Å². The van der Waals surface area contributed by atoms with Gasteiger partial charge in [0.15, 0.2) is 11.6 Å². The molecule has 6 nitrogen and oxygen atoms in total. The molecule has 1 aliphatic heterocycles. The van der Waals surface area contributed by atoms with Crippen molar-refractivity contribution < 1.29 is 22.0 Å². The molecule has 9 heteroatoms. The summed E-state index contributed by atoms with van der Waals surface area (Å²) in [5.74, 6) is -2.68. The van der Waals surface area contributed by atoms with E-state index >= 15 is 0 Å². The van der Waals surface area contributed by atoms with Crippen molar-refractivity contribution in [1.82, 2.24) is 10.2 Å². The van der Waals surface area contributed by atoms with Gasteiger partial charge in [0, 0.05) is 24.3 Å². The zero-order valence-electron chi connectivity index (χ0n) is 19.1. The third-order valence-electron chi connectivity index (χ3n) is 5.93. The van der Waals surface area contributed by atoms with Crippen molar-refractivity contribution in [2.24, 2.45) is 0 Å². The van der Waals surface area contributed by atoms with E-state index in [9.17, 15) is 22.0 Å². The zero-order valence-corrected chi connectivity index (χ0v) is 20.0. The minimum Gasteiger partial charge on any atom is -0.348 e. The van der Waals surface area contributed by atoms with Crippen LogP contribution in [-0.2, 0) is 23.1 Å². The molecular weight excluding hydrogens is 472 g/mol. The number of nitrogens with zero attached hydrogens (tertiary/aromatic N) is 1. The van der Waals surface area contributed by atoms with Crippen LogP contribution in [0.15, 0.2) is 71.6 Å². The summed E-state index contributed by atoms with van der Waals surface area (Å²) in [5.41, 5.74) is 2.79. The normalized spacial score (nSPS) is 14.5. The Morgan fingerprint density at radius 3 is 2.14 bits per heavy atom. The van der Waals surface area contributed by atoms with Gasteiger partial charge in [-0.2, -0.15) is 0 Å². The third-order valence-corrected chi connectivity index (χ3v) is 7.31. The largest absolute Gasteiger partial charge is 0.348 e. The van der Waals surface area contributed by atoms with Gasteiger partial charge in [0.25, 0.3) is 15.9 Å². The predicted molar refractivity (Wildman–Crippen MR) is 130 cm³/mol. The Morgan fingerprint density at radius 1 is 0.829 bits per heavy atom. The van der Waals surface area contributed by atoms with Crippen LogP contribution in [0.1, 0.15) is 40.7 Å². The standard InChI is InChI=1S/C26H27F2N3O3S/c27-24-13-12-23(16-25(24)28)35(33,34)30-22-10-8-21(9-11-22)26(32)29-17-19-4-6-20(7-5-19)18-31-14-2-1-3-15-31/h4-13,16,30H,1-3,14-15,17-18H2,(H,29,32). The van der Waals surface area contributed by atoms with Gasteiger partial charge in [0.2, 0.25) is 0 Å². The fourth-order valence-corrected chi connectivity index (χ4v) is 5.04. The molecule has 1 fully saturated rings. The Balaban J connectivity index is 1.30. The molecule has 1 saturated heterocycles. The molecule has 3 aromatic carbocycles. The molecule has 0 aromatic heterocycles. The third kappa shape index (κ3) is 6.64. The first-order valence-corrected chi connectivity index (χ1v) is 12.9. The molecule has 0 bridgehead atoms. The molecule has 0 saturated carbocycles. The Morgan fingerprint density at radius 2 is 1.49 bits per heavy atom. The molecule has 4 rings (SSSR count). The van der Waals surface area contributed by atoms with Gasteiger partial charge in [-0.25, -0.2) is 17.2 Å². The molecule has 0 radical (unpaired) electrons. The topological polar surface area (TPSA) is 78.5 Å². The lowest BCUT2D eigenvalue weighted by molar-refractivity contribution is 0.0951. The maximum atomic E-state index is 13.4. The monoisotopic (exact) mass is 499 g/mol. The molecule has 1 heterocycles. The number of carbonyl (C=O) groups excluding carboxylic acids is 1. The number of piperidine rings is 1. The van der Waals surface area contributed by atoms with Crippen molar-refractivity contribution in [2.75, 3.05) is 17.8 Å². The Hall–Kier alpha value is -3.30. The highest BCUT2D eigenvalue weighted by Crippen LogP contribution is 2.19. The molecule has 1 aliphatic rings. The van der Waals surface area contributed by atoms with Crippen LogP contribution in [0.4, 0.5) is 14.5 Å². The molecule has 0 aliphatic carbocycles. The summed E-state index contributed by atoms with van der Waals surface area (Å²) in [5, 5.41) is 2.86. The number of carbonyl (C=O) groups is 1. The highest BCUT2D eigenvalue weighted by atomic mass is 32.2. The molecule has 0 spiro atoms. The lowest BCUT2D eigenvalue weighted by atomic mass is 10.1. The van der Waals surface area contributed by atoms with Crippen LogP contribution in [0.25, 0.3) is 0 Å². The van der Waals surface area contributed by atoms with E-state index in [-0.39, 0.29) is 11.6 Å². The van der Waals surface area contributed by atoms with Crippen LogP contribution in [0.3, 0.4) is 0 Å². The number of likely N-dealkylation sites (tertiary alicyclic amines) is 1. The fourth-order valence-electron chi connectivity index (χ4n) is 3.97. The van der Waals surface area contributed by atoms with E-state index in [0.29, 0.717) is 18.2 Å². The maximum absolute atomic E-state index is 13.4. The van der Waals surface area contributed by atoms with Crippen LogP contribution < -0.4 is 10.0 Å². The van der Waals surface area contributed by atoms with Gasteiger partial charge in [0.1, 0.15) is 0 Å². The number of anilines is 1. The van der Waals surface area contributed by atoms with E-state index in [1.54, 1.807) is 0 Å². The van der Waals surface area contributed by atoms with Gasteiger partial charge in [-0.15, -0.1) is 0 Å². The first-order chi connectivity index (χ1) is 16.8. The van der Waals surface area contributed by atoms with Crippen LogP contribution in [0.5, 0.6) is 0 Å². The summed E-state index contributed by atoms with van der Waals surface area (Å²) in [6, 6.07) is 16.4. The number of rotatable bonds is 8. The van der Waals surface area contributed by atoms with E-state index in [4.69, 9.17) is 0 Å². The van der Waals surface area contributed by atoms with E-state index in [2.05, 4.69) is 27.1 Å². The minimum absolute atomic E-state index is 0.190. The van der Waals surface area contributed by atoms with Crippen molar-refractivity contribution in [3.63, 3.8) is 0 Å². The SMILES string of the molecule is O=C(NCc1ccc(CN2CCCCC2)cc1)c1ccc(NS(=O)(=O)c2ccc(F)c(F)c2)cc1. The highest BCUT2D eigenvalue weighted by Gasteiger charge is 2.17. The van der Waals surface area contributed by atoms with Gasteiger partial charge in [0.05, 0.1) is 4.90 Å². The maximum Gasteiger partial charge on any atom is 0.261 e. The first kappa shape index (κ1) is 24.8. The summed E-state index contributed by atoms with van der Waals surface area (Å²) in [6.07, 6.45) is 3.82. The second kappa shape index (κ2) is 11.0. The summed E-state index contributed by atoms with van der Waals surface area (Å²) in [4.78, 5) is 14.6. The van der Waals surface area contributed by atoms with Gasteiger partial charge < -0.3 is 5.32 Å². The summed E-state index contributed by atoms with van der Waals surface area (Å²) in [6.45, 7) is 3.60. The highest BCUT2D eigenvalue weighted by molar-refractivity contribution is 7.92. The number of nitrogens with one attached hydrogen (secondary N) is 2. The molecule has 2 N–H and O–H groups in total. The number of hydrogen-bond donors (Lipinski definition) is 2. The van der Waals surface area contributed by atoms with Crippen LogP contribution in [0.2, 0.25) is 0 Å². The fraction of sp³-hybridized carbons (Fsp3) is 0.269. The van der Waals surface area contributed by atoms with E-state index in [1.807, 2.05) is 12.1 Å². The summed E-state index contributed by atoms with van der Waals surface area (Å²) < 4.78 is 53.5. The Bertz CT molecular complexity index is 1270. The second-order valence-corrected chi connectivity index (χ2v) is 10.3. The van der Waals surface area contributed by atoms with Gasteiger partial charge in [-0.3, -0.25) is 14.4 Å². The van der Waals surface area contributed by atoms with E-state index < -0.39 is 26.6 Å². The van der Waals surface area contributed by atoms with E-state index in [0.717, 1.165) is 37.3 Å². The lowest BCUT2D eigenvalue weighted by Gasteiger charge is -2.26. The molecule has 0 unspecified atom stereocenters. The molecule has 184 valence electrons. The predicted octanol–water partition coefficient (Wildman–Crippen LogP) is 4.68. The Kier molecular flexibility index (Phi) is 7.77. The van der Waals surface area contributed by atoms with Crippen molar-refractivity contribution >= 4 is 21.6 Å². The summed E-state index contributed by atoms with van der Waals surface area (Å²) in [7, 11) is -4.11. The van der Waals surface area contributed by atoms with Gasteiger partial charge in [-0.05, 0) is 79.5 Å². The average molecular weight is 500 g/mol. The van der Waals surface area contributed by atoms with Gasteiger partial charge in [-0.1, -0.05) is 30.7 Å². The van der Waals surface area contributed by atoms with Crippen molar-refractivity contribution in [1.29, 1.82) is 0 Å². The number of sulfonamides is 1. The quantitative estimate of drug-likeness (QED) is 0.472. The number of benzene rings is 3. The molecular formula is C26H27F2N3O3S. The van der Waals surface area contributed by atoms with Crippen LogP contribution >= 0.6 is 0 Å². The lowest BCUT2D eigenvalue weighted by Crippen LogP contribution is -2.29. The van der Waals surface area contributed by atoms with E-state index in [1.165, 1.54) is 49.1 Å². The van der Waals surface area contributed by atoms with Gasteiger partial charge >= 0.3 is 0 Å². The Labute approximate surface area is 204 Å². The molecule has 0 atom stereocenters. The molecule has 35 heavy (non-hydrogen) atoms. The molecule has 3 aromatic rings.